The van der Waals surface area contributed by atoms with Crippen molar-refractivity contribution in [2.75, 3.05) is 25.0 Å². The van der Waals surface area contributed by atoms with Crippen LogP contribution < -0.4 is 15.4 Å². The van der Waals surface area contributed by atoms with Crippen LogP contribution in [-0.4, -0.2) is 55.7 Å². The minimum Gasteiger partial charge on any atom is -0.493 e. The highest BCUT2D eigenvalue weighted by Crippen LogP contribution is 2.31. The number of nitrogens with one attached hydrogen (secondary N) is 2. The number of halogens is 1. The third-order valence-corrected chi connectivity index (χ3v) is 6.02. The molecule has 2 aromatic heterocycles. The molecule has 34 heavy (non-hydrogen) atoms. The van der Waals surface area contributed by atoms with E-state index in [0.29, 0.717) is 49.7 Å². The second kappa shape index (κ2) is 8.58. The highest BCUT2D eigenvalue weighted by atomic mass is 19.1. The zero-order chi connectivity index (χ0) is 23.9. The van der Waals surface area contributed by atoms with Gasteiger partial charge >= 0.3 is 6.03 Å². The van der Waals surface area contributed by atoms with Crippen molar-refractivity contribution in [3.8, 4) is 5.75 Å². The fourth-order valence-electron chi connectivity index (χ4n) is 4.35. The largest absolute Gasteiger partial charge is 0.493 e. The first-order valence-corrected chi connectivity index (χ1v) is 11.4. The van der Waals surface area contributed by atoms with Gasteiger partial charge in [0.05, 0.1) is 6.61 Å². The average Bonchev–Trinajstić information content (AvgIpc) is 3.47. The molecule has 0 atom stereocenters. The van der Waals surface area contributed by atoms with E-state index in [1.54, 1.807) is 27.9 Å². The van der Waals surface area contributed by atoms with Gasteiger partial charge in [-0.1, -0.05) is 6.08 Å². The van der Waals surface area contributed by atoms with E-state index in [0.717, 1.165) is 22.4 Å². The summed E-state index contributed by atoms with van der Waals surface area (Å²) in [4.78, 5) is 18.8. The maximum Gasteiger partial charge on any atom is 0.318 e. The number of hydrogen-bond acceptors (Lipinski definition) is 6. The molecule has 0 saturated carbocycles. The molecule has 2 N–H and O–H groups in total. The smallest absolute Gasteiger partial charge is 0.318 e. The van der Waals surface area contributed by atoms with Crippen molar-refractivity contribution in [1.82, 2.24) is 29.8 Å². The van der Waals surface area contributed by atoms with E-state index in [1.165, 1.54) is 6.07 Å². The van der Waals surface area contributed by atoms with E-state index in [-0.39, 0.29) is 23.9 Å². The highest BCUT2D eigenvalue weighted by molar-refractivity contribution is 5.80. The van der Waals surface area contributed by atoms with Crippen molar-refractivity contribution in [1.29, 1.82) is 0 Å². The van der Waals surface area contributed by atoms with E-state index >= 15 is 0 Å². The molecule has 0 unspecified atom stereocenters. The van der Waals surface area contributed by atoms with Gasteiger partial charge in [0, 0.05) is 54.5 Å². The van der Waals surface area contributed by atoms with Crippen LogP contribution >= 0.6 is 0 Å². The Kier molecular flexibility index (Phi) is 5.59. The Morgan fingerprint density at radius 3 is 2.88 bits per heavy atom. The number of amides is 2. The van der Waals surface area contributed by atoms with E-state index in [1.807, 2.05) is 26.8 Å². The number of aromatic nitrogens is 4. The standard InChI is InChI=1S/C24H28FN7O2/c1-24(2,3)29-23(33)31-9-6-15(7-10-31)17-12-26-22(32-14-28-30-21(17)32)27-13-18-16-8-11-34-20(16)5-4-19(18)25/h4-6,12,14H,7-11,13H2,1-3H3,(H,26,27)(H,29,33). The van der Waals surface area contributed by atoms with Crippen molar-refractivity contribution in [2.24, 2.45) is 0 Å². The van der Waals surface area contributed by atoms with Gasteiger partial charge in [0.25, 0.3) is 0 Å². The number of anilines is 1. The highest BCUT2D eigenvalue weighted by Gasteiger charge is 2.24. The van der Waals surface area contributed by atoms with Crippen molar-refractivity contribution in [3.63, 3.8) is 0 Å². The first-order chi connectivity index (χ1) is 16.3. The average molecular weight is 466 g/mol. The number of carbonyl (C=O) groups is 1. The van der Waals surface area contributed by atoms with Crippen LogP contribution in [0, 0.1) is 5.82 Å². The first kappa shape index (κ1) is 22.1. The SMILES string of the molecule is CC(C)(C)NC(=O)N1CC=C(c2cnc(NCc3c(F)ccc4c3CCO4)n3cnnc23)CC1. The molecule has 0 bridgehead atoms. The fraction of sp³-hybridized carbons (Fsp3) is 0.417. The lowest BCUT2D eigenvalue weighted by molar-refractivity contribution is 0.193. The van der Waals surface area contributed by atoms with Crippen LogP contribution in [0.1, 0.15) is 43.9 Å². The maximum atomic E-state index is 14.5. The Balaban J connectivity index is 1.34. The Morgan fingerprint density at radius 1 is 1.26 bits per heavy atom. The molecule has 10 heteroatoms. The van der Waals surface area contributed by atoms with Crippen molar-refractivity contribution in [2.45, 2.75) is 45.7 Å². The van der Waals surface area contributed by atoms with E-state index < -0.39 is 0 Å². The number of urea groups is 1. The van der Waals surface area contributed by atoms with Gasteiger partial charge in [-0.2, -0.15) is 0 Å². The molecule has 1 aromatic carbocycles. The minimum absolute atomic E-state index is 0.0712. The van der Waals surface area contributed by atoms with E-state index in [4.69, 9.17) is 4.74 Å². The summed E-state index contributed by atoms with van der Waals surface area (Å²) in [6.07, 6.45) is 6.77. The lowest BCUT2D eigenvalue weighted by Gasteiger charge is -2.30. The van der Waals surface area contributed by atoms with Crippen LogP contribution in [-0.2, 0) is 13.0 Å². The summed E-state index contributed by atoms with van der Waals surface area (Å²) in [6.45, 7) is 7.86. The van der Waals surface area contributed by atoms with Gasteiger partial charge in [-0.25, -0.2) is 14.2 Å². The van der Waals surface area contributed by atoms with Crippen LogP contribution in [0.3, 0.4) is 0 Å². The third-order valence-electron chi connectivity index (χ3n) is 6.02. The Hall–Kier alpha value is -3.69. The number of ether oxygens (including phenoxy) is 1. The predicted octanol–water partition coefficient (Wildman–Crippen LogP) is 3.41. The summed E-state index contributed by atoms with van der Waals surface area (Å²) in [6, 6.07) is 3.04. The number of fused-ring (bicyclic) bond motifs is 2. The molecule has 4 heterocycles. The minimum atomic E-state index is -0.280. The van der Waals surface area contributed by atoms with Gasteiger partial charge in [0.15, 0.2) is 5.65 Å². The molecular weight excluding hydrogens is 437 g/mol. The van der Waals surface area contributed by atoms with Crippen LogP contribution in [0.25, 0.3) is 11.2 Å². The molecule has 2 amide bonds. The number of hydrogen-bond donors (Lipinski definition) is 2. The molecule has 2 aliphatic heterocycles. The van der Waals surface area contributed by atoms with Crippen molar-refractivity contribution >= 4 is 23.2 Å². The Morgan fingerprint density at radius 2 is 2.12 bits per heavy atom. The van der Waals surface area contributed by atoms with Gasteiger partial charge in [-0.3, -0.25) is 4.40 Å². The van der Waals surface area contributed by atoms with Gasteiger partial charge < -0.3 is 20.3 Å². The summed E-state index contributed by atoms with van der Waals surface area (Å²) < 4.78 is 21.8. The predicted molar refractivity (Wildman–Crippen MR) is 126 cm³/mol. The van der Waals surface area contributed by atoms with Crippen molar-refractivity contribution in [3.05, 3.63) is 53.2 Å². The molecule has 5 rings (SSSR count). The molecule has 9 nitrogen and oxygen atoms in total. The van der Waals surface area contributed by atoms with E-state index in [9.17, 15) is 9.18 Å². The second-order valence-electron chi connectivity index (χ2n) is 9.58. The third kappa shape index (κ3) is 4.27. The number of carbonyl (C=O) groups excluding carboxylic acids is 1. The summed E-state index contributed by atoms with van der Waals surface area (Å²) in [5.74, 6) is 1.01. The van der Waals surface area contributed by atoms with Crippen LogP contribution in [0.2, 0.25) is 0 Å². The van der Waals surface area contributed by atoms with Gasteiger partial charge in [0.1, 0.15) is 17.9 Å². The lowest BCUT2D eigenvalue weighted by Crippen LogP contribution is -2.49. The van der Waals surface area contributed by atoms with Crippen LogP contribution in [0.4, 0.5) is 15.1 Å². The molecule has 0 saturated heterocycles. The van der Waals surface area contributed by atoms with Crippen LogP contribution in [0.5, 0.6) is 5.75 Å². The number of benzene rings is 1. The molecule has 0 radical (unpaired) electrons. The van der Waals surface area contributed by atoms with Gasteiger partial charge in [-0.05, 0) is 44.9 Å². The summed E-state index contributed by atoms with van der Waals surface area (Å²) in [5.41, 5.74) is 3.82. The molecule has 178 valence electrons. The number of nitrogens with zero attached hydrogens (tertiary/aromatic N) is 5. The Labute approximate surface area is 197 Å². The molecule has 0 aliphatic carbocycles. The second-order valence-corrected chi connectivity index (χ2v) is 9.58. The van der Waals surface area contributed by atoms with Crippen molar-refractivity contribution < 1.29 is 13.9 Å². The van der Waals surface area contributed by atoms with Gasteiger partial charge in [0.2, 0.25) is 5.95 Å². The molecule has 0 spiro atoms. The van der Waals surface area contributed by atoms with Gasteiger partial charge in [-0.15, -0.1) is 10.2 Å². The quantitative estimate of drug-likeness (QED) is 0.613. The monoisotopic (exact) mass is 465 g/mol. The zero-order valence-corrected chi connectivity index (χ0v) is 19.6. The molecule has 2 aliphatic rings. The number of rotatable bonds is 4. The fourth-order valence-corrected chi connectivity index (χ4v) is 4.35. The summed E-state index contributed by atoms with van der Waals surface area (Å²) in [7, 11) is 0. The van der Waals surface area contributed by atoms with E-state index in [2.05, 4.69) is 25.8 Å². The molecule has 0 fully saturated rings. The summed E-state index contributed by atoms with van der Waals surface area (Å²) in [5, 5.41) is 14.6. The zero-order valence-electron chi connectivity index (χ0n) is 19.6. The normalized spacial score (nSPS) is 15.6. The lowest BCUT2D eigenvalue weighted by atomic mass is 10.0. The first-order valence-electron chi connectivity index (χ1n) is 11.4. The topological polar surface area (TPSA) is 96.7 Å². The molecular formula is C24H28FN7O2. The summed E-state index contributed by atoms with van der Waals surface area (Å²) >= 11 is 0. The molecule has 3 aromatic rings. The van der Waals surface area contributed by atoms with Crippen LogP contribution in [0.15, 0.2) is 30.7 Å². The maximum absolute atomic E-state index is 14.5. The Bertz CT molecular complexity index is 1280.